The molecule has 0 unspecified atom stereocenters. The molecule has 0 amide bonds. The van der Waals surface area contributed by atoms with Crippen LogP contribution in [0.15, 0.2) is 60.9 Å². The number of ether oxygens (including phenoxy) is 1. The van der Waals surface area contributed by atoms with Gasteiger partial charge in [-0.1, -0.05) is 12.1 Å². The highest BCUT2D eigenvalue weighted by Crippen LogP contribution is 2.35. The maximum absolute atomic E-state index is 6.06. The van der Waals surface area contributed by atoms with E-state index in [1.165, 1.54) is 56.3 Å². The number of hydrogen-bond acceptors (Lipinski definition) is 5. The molecule has 2 aromatic carbocycles. The molecular formula is C31H34N6O. The van der Waals surface area contributed by atoms with Gasteiger partial charge >= 0.3 is 0 Å². The van der Waals surface area contributed by atoms with Crippen molar-refractivity contribution in [2.45, 2.75) is 32.1 Å². The lowest BCUT2D eigenvalue weighted by Gasteiger charge is -2.29. The number of H-pyrrole nitrogens is 2. The van der Waals surface area contributed by atoms with Crippen molar-refractivity contribution in [3.63, 3.8) is 0 Å². The minimum Gasteiger partial charge on any atom is -0.491 e. The molecule has 2 aliphatic rings. The fraction of sp³-hybridized carbons (Fsp3) is 0.355. The second kappa shape index (κ2) is 10.1. The fourth-order valence-corrected chi connectivity index (χ4v) is 6.03. The zero-order chi connectivity index (χ0) is 25.3. The van der Waals surface area contributed by atoms with E-state index in [4.69, 9.17) is 9.84 Å². The molecule has 0 atom stereocenters. The second-order valence-electron chi connectivity index (χ2n) is 10.6. The van der Waals surface area contributed by atoms with Crippen molar-refractivity contribution >= 4 is 27.5 Å². The Morgan fingerprint density at radius 1 is 0.789 bits per heavy atom. The van der Waals surface area contributed by atoms with Crippen molar-refractivity contribution in [2.24, 2.45) is 0 Å². The van der Waals surface area contributed by atoms with Gasteiger partial charge in [-0.25, -0.2) is 0 Å². The Morgan fingerprint density at radius 3 is 2.55 bits per heavy atom. The molecule has 2 aliphatic heterocycles. The van der Waals surface area contributed by atoms with Gasteiger partial charge in [0.1, 0.15) is 18.1 Å². The van der Waals surface area contributed by atoms with Gasteiger partial charge in [0, 0.05) is 53.4 Å². The highest BCUT2D eigenvalue weighted by atomic mass is 16.5. The Morgan fingerprint density at radius 2 is 1.66 bits per heavy atom. The largest absolute Gasteiger partial charge is 0.491 e. The first kappa shape index (κ1) is 23.3. The van der Waals surface area contributed by atoms with Crippen LogP contribution >= 0.6 is 0 Å². The van der Waals surface area contributed by atoms with Crippen LogP contribution < -0.4 is 9.64 Å². The summed E-state index contributed by atoms with van der Waals surface area (Å²) in [6.07, 6.45) is 10.2. The maximum Gasteiger partial charge on any atom is 0.138 e. The molecule has 194 valence electrons. The molecular weight excluding hydrogens is 472 g/mol. The number of piperidine rings is 1. The summed E-state index contributed by atoms with van der Waals surface area (Å²) < 4.78 is 6.06. The van der Waals surface area contributed by atoms with Crippen LogP contribution in [0.1, 0.15) is 32.1 Å². The summed E-state index contributed by atoms with van der Waals surface area (Å²) in [6.45, 7) is 6.29. The third-order valence-corrected chi connectivity index (χ3v) is 8.08. The topological polar surface area (TPSA) is 73.1 Å². The number of benzene rings is 2. The van der Waals surface area contributed by atoms with Gasteiger partial charge in [0.2, 0.25) is 0 Å². The summed E-state index contributed by atoms with van der Waals surface area (Å²) >= 11 is 0. The van der Waals surface area contributed by atoms with E-state index in [9.17, 15) is 0 Å². The van der Waals surface area contributed by atoms with E-state index in [0.29, 0.717) is 6.61 Å². The van der Waals surface area contributed by atoms with Crippen molar-refractivity contribution in [1.29, 1.82) is 0 Å². The van der Waals surface area contributed by atoms with Gasteiger partial charge in [0.15, 0.2) is 0 Å². The normalized spacial score (nSPS) is 16.6. The van der Waals surface area contributed by atoms with Crippen LogP contribution in [-0.2, 0) is 0 Å². The van der Waals surface area contributed by atoms with Crippen LogP contribution in [0.2, 0.25) is 0 Å². The quantitative estimate of drug-likeness (QED) is 0.273. The monoisotopic (exact) mass is 506 g/mol. The van der Waals surface area contributed by atoms with E-state index >= 15 is 0 Å². The van der Waals surface area contributed by atoms with Crippen LogP contribution in [0.5, 0.6) is 5.75 Å². The number of fused-ring (bicyclic) bond motifs is 2. The summed E-state index contributed by atoms with van der Waals surface area (Å²) in [4.78, 5) is 13.1. The van der Waals surface area contributed by atoms with Crippen molar-refractivity contribution in [3.8, 4) is 28.3 Å². The molecule has 7 nitrogen and oxygen atoms in total. The fourth-order valence-electron chi connectivity index (χ4n) is 6.03. The first-order valence-electron chi connectivity index (χ1n) is 14.0. The number of hydrogen-bond donors (Lipinski definition) is 2. The zero-order valence-electron chi connectivity index (χ0n) is 21.7. The van der Waals surface area contributed by atoms with E-state index in [1.54, 1.807) is 6.20 Å². The van der Waals surface area contributed by atoms with Crippen LogP contribution in [0.25, 0.3) is 44.3 Å². The van der Waals surface area contributed by atoms with Crippen LogP contribution in [0.3, 0.4) is 0 Å². The molecule has 5 aromatic rings. The summed E-state index contributed by atoms with van der Waals surface area (Å²) in [7, 11) is 0. The van der Waals surface area contributed by atoms with E-state index in [2.05, 4.69) is 73.4 Å². The van der Waals surface area contributed by atoms with E-state index in [1.807, 2.05) is 6.20 Å². The number of rotatable bonds is 7. The molecule has 7 rings (SSSR count). The average Bonchev–Trinajstić information content (AvgIpc) is 3.73. The number of nitrogens with one attached hydrogen (secondary N) is 2. The SMILES string of the molecule is c1cc(N2CCCCC2)c2cc(-c3n[nH]c4ccc(-c5cncc(OCCN6CCCC6)c5)cc34)[nH]c2c1. The smallest absolute Gasteiger partial charge is 0.138 e. The third kappa shape index (κ3) is 4.52. The van der Waals surface area contributed by atoms with Gasteiger partial charge in [-0.2, -0.15) is 5.10 Å². The lowest BCUT2D eigenvalue weighted by atomic mass is 10.0. The molecule has 2 fully saturated rings. The molecule has 5 heterocycles. The van der Waals surface area contributed by atoms with Gasteiger partial charge in [-0.15, -0.1) is 0 Å². The van der Waals surface area contributed by atoms with Gasteiger partial charge in [-0.3, -0.25) is 15.0 Å². The Bertz CT molecular complexity index is 1560. The molecule has 0 saturated carbocycles. The predicted octanol–water partition coefficient (Wildman–Crippen LogP) is 6.24. The highest BCUT2D eigenvalue weighted by Gasteiger charge is 2.18. The Kier molecular flexibility index (Phi) is 6.21. The van der Waals surface area contributed by atoms with Crippen molar-refractivity contribution in [3.05, 3.63) is 60.9 Å². The summed E-state index contributed by atoms with van der Waals surface area (Å²) in [6, 6.07) is 17.3. The Labute approximate surface area is 222 Å². The first-order chi connectivity index (χ1) is 18.8. The lowest BCUT2D eigenvalue weighted by molar-refractivity contribution is 0.237. The minimum absolute atomic E-state index is 0.690. The molecule has 0 aliphatic carbocycles. The van der Waals surface area contributed by atoms with Crippen LogP contribution in [0.4, 0.5) is 5.69 Å². The molecule has 0 spiro atoms. The number of aromatic amines is 2. The molecule has 3 aromatic heterocycles. The molecule has 0 radical (unpaired) electrons. The number of likely N-dealkylation sites (tertiary alicyclic amines) is 1. The van der Waals surface area contributed by atoms with Gasteiger partial charge in [0.05, 0.1) is 17.4 Å². The third-order valence-electron chi connectivity index (χ3n) is 8.08. The molecule has 38 heavy (non-hydrogen) atoms. The zero-order valence-corrected chi connectivity index (χ0v) is 21.7. The summed E-state index contributed by atoms with van der Waals surface area (Å²) in [5.41, 5.74) is 7.60. The predicted molar refractivity (Wildman–Crippen MR) is 154 cm³/mol. The summed E-state index contributed by atoms with van der Waals surface area (Å²) in [5, 5.41) is 10.3. The summed E-state index contributed by atoms with van der Waals surface area (Å²) in [5.74, 6) is 0.815. The van der Waals surface area contributed by atoms with E-state index in [0.717, 1.165) is 64.3 Å². The first-order valence-corrected chi connectivity index (χ1v) is 14.0. The number of pyridine rings is 1. The van der Waals surface area contributed by atoms with Gasteiger partial charge in [-0.05, 0) is 87.2 Å². The lowest BCUT2D eigenvalue weighted by Crippen LogP contribution is -2.29. The van der Waals surface area contributed by atoms with Crippen molar-refractivity contribution < 1.29 is 4.74 Å². The highest BCUT2D eigenvalue weighted by molar-refractivity contribution is 6.01. The Hall–Kier alpha value is -3.84. The van der Waals surface area contributed by atoms with E-state index in [-0.39, 0.29) is 0 Å². The standard InChI is InChI=1S/C31H34N6O/c1-2-13-37(14-3-1)30-8-6-7-27-25(30)19-29(33-27)31-26-18-22(9-10-28(26)34-35-31)23-17-24(21-32-20-23)38-16-15-36-11-4-5-12-36/h6-10,17-21,33H,1-5,11-16H2,(H,34,35). The van der Waals surface area contributed by atoms with Crippen molar-refractivity contribution in [2.75, 3.05) is 44.2 Å². The van der Waals surface area contributed by atoms with Gasteiger partial charge in [0.25, 0.3) is 0 Å². The molecule has 7 heteroatoms. The minimum atomic E-state index is 0.690. The molecule has 0 bridgehead atoms. The molecule has 2 N–H and O–H groups in total. The average molecular weight is 507 g/mol. The number of anilines is 1. The van der Waals surface area contributed by atoms with Crippen LogP contribution in [0, 0.1) is 0 Å². The maximum atomic E-state index is 6.06. The second-order valence-corrected chi connectivity index (χ2v) is 10.6. The van der Waals surface area contributed by atoms with E-state index < -0.39 is 0 Å². The Balaban J connectivity index is 1.18. The number of aromatic nitrogens is 4. The number of nitrogens with zero attached hydrogens (tertiary/aromatic N) is 4. The molecule has 2 saturated heterocycles. The van der Waals surface area contributed by atoms with Gasteiger partial charge < -0.3 is 14.6 Å². The van der Waals surface area contributed by atoms with Crippen molar-refractivity contribution in [1.82, 2.24) is 25.1 Å². The van der Waals surface area contributed by atoms with Crippen LogP contribution in [-0.4, -0.2) is 64.4 Å².